The van der Waals surface area contributed by atoms with E-state index in [0.717, 1.165) is 34.0 Å². The Labute approximate surface area is 114 Å². The first-order chi connectivity index (χ1) is 8.95. The van der Waals surface area contributed by atoms with Crippen molar-refractivity contribution in [1.29, 1.82) is 0 Å². The highest BCUT2D eigenvalue weighted by molar-refractivity contribution is 5.71. The lowest BCUT2D eigenvalue weighted by Crippen LogP contribution is -2.00. The lowest BCUT2D eigenvalue weighted by Gasteiger charge is -2.09. The van der Waals surface area contributed by atoms with Crippen LogP contribution < -0.4 is 10.5 Å². The van der Waals surface area contributed by atoms with Crippen molar-refractivity contribution in [2.24, 2.45) is 7.05 Å². The van der Waals surface area contributed by atoms with Crippen LogP contribution in [-0.2, 0) is 7.05 Å². The summed E-state index contributed by atoms with van der Waals surface area (Å²) in [6.07, 6.45) is 0. The molecule has 0 amide bonds. The van der Waals surface area contributed by atoms with Gasteiger partial charge in [0.25, 0.3) is 0 Å². The molecule has 1 aromatic carbocycles. The molecule has 1 heterocycles. The van der Waals surface area contributed by atoms with Crippen molar-refractivity contribution < 1.29 is 4.74 Å². The fourth-order valence-corrected chi connectivity index (χ4v) is 2.30. The Hall–Kier alpha value is -1.97. The standard InChI is InChI=1S/C15H21N3O/c1-9(2)13-14(17-18(4)15(13)16)11-7-6-10(3)12(8-11)19-5/h6-9H,16H2,1-5H3. The largest absolute Gasteiger partial charge is 0.496 e. The highest BCUT2D eigenvalue weighted by atomic mass is 16.5. The molecule has 0 saturated carbocycles. The zero-order chi connectivity index (χ0) is 14.2. The van der Waals surface area contributed by atoms with Crippen molar-refractivity contribution in [3.63, 3.8) is 0 Å². The van der Waals surface area contributed by atoms with Gasteiger partial charge in [-0.05, 0) is 24.5 Å². The molecule has 0 radical (unpaired) electrons. The maximum Gasteiger partial charge on any atom is 0.125 e. The number of nitrogens with two attached hydrogens (primary N) is 1. The molecule has 102 valence electrons. The summed E-state index contributed by atoms with van der Waals surface area (Å²) in [6, 6.07) is 6.12. The molecule has 0 saturated heterocycles. The minimum Gasteiger partial charge on any atom is -0.496 e. The quantitative estimate of drug-likeness (QED) is 0.921. The number of nitrogens with zero attached hydrogens (tertiary/aromatic N) is 2. The first-order valence-electron chi connectivity index (χ1n) is 6.43. The van der Waals surface area contributed by atoms with Crippen LogP contribution in [0.4, 0.5) is 5.82 Å². The molecule has 2 N–H and O–H groups in total. The average Bonchev–Trinajstić information content (AvgIpc) is 2.66. The normalized spacial score (nSPS) is 11.1. The SMILES string of the molecule is COc1cc(-c2nn(C)c(N)c2C(C)C)ccc1C. The second-order valence-electron chi connectivity index (χ2n) is 5.11. The van der Waals surface area contributed by atoms with E-state index in [-0.39, 0.29) is 0 Å². The van der Waals surface area contributed by atoms with Gasteiger partial charge in [-0.2, -0.15) is 5.10 Å². The van der Waals surface area contributed by atoms with Gasteiger partial charge < -0.3 is 10.5 Å². The molecule has 1 aromatic heterocycles. The van der Waals surface area contributed by atoms with Gasteiger partial charge in [-0.25, -0.2) is 0 Å². The number of aryl methyl sites for hydroxylation is 2. The minimum atomic E-state index is 0.330. The van der Waals surface area contributed by atoms with Crippen LogP contribution in [0.2, 0.25) is 0 Å². The van der Waals surface area contributed by atoms with Gasteiger partial charge in [0.2, 0.25) is 0 Å². The van der Waals surface area contributed by atoms with Crippen molar-refractivity contribution >= 4 is 5.82 Å². The van der Waals surface area contributed by atoms with Gasteiger partial charge in [0.1, 0.15) is 11.6 Å². The second kappa shape index (κ2) is 4.96. The van der Waals surface area contributed by atoms with Gasteiger partial charge in [0, 0.05) is 18.2 Å². The Morgan fingerprint density at radius 1 is 1.32 bits per heavy atom. The van der Waals surface area contributed by atoms with Crippen LogP contribution in [0.1, 0.15) is 30.9 Å². The van der Waals surface area contributed by atoms with Gasteiger partial charge >= 0.3 is 0 Å². The zero-order valence-corrected chi connectivity index (χ0v) is 12.2. The van der Waals surface area contributed by atoms with Crippen LogP contribution in [0, 0.1) is 6.92 Å². The molecular formula is C15H21N3O. The Bertz CT molecular complexity index is 600. The van der Waals surface area contributed by atoms with Crippen LogP contribution in [0.3, 0.4) is 0 Å². The predicted octanol–water partition coefficient (Wildman–Crippen LogP) is 3.11. The molecule has 0 aliphatic rings. The van der Waals surface area contributed by atoms with Gasteiger partial charge in [-0.15, -0.1) is 0 Å². The first kappa shape index (κ1) is 13.5. The third-order valence-electron chi connectivity index (χ3n) is 3.39. The topological polar surface area (TPSA) is 53.1 Å². The maximum absolute atomic E-state index is 6.11. The number of hydrogen-bond donors (Lipinski definition) is 1. The second-order valence-corrected chi connectivity index (χ2v) is 5.11. The van der Waals surface area contributed by atoms with Crippen molar-refractivity contribution in [2.45, 2.75) is 26.7 Å². The van der Waals surface area contributed by atoms with Gasteiger partial charge in [-0.3, -0.25) is 4.68 Å². The van der Waals surface area contributed by atoms with Crippen molar-refractivity contribution in [1.82, 2.24) is 9.78 Å². The number of ether oxygens (including phenoxy) is 1. The first-order valence-corrected chi connectivity index (χ1v) is 6.43. The molecule has 4 nitrogen and oxygen atoms in total. The summed E-state index contributed by atoms with van der Waals surface area (Å²) < 4.78 is 7.11. The highest BCUT2D eigenvalue weighted by Crippen LogP contribution is 2.34. The number of aromatic nitrogens is 2. The Morgan fingerprint density at radius 3 is 2.58 bits per heavy atom. The molecule has 2 aromatic rings. The number of rotatable bonds is 3. The van der Waals surface area contributed by atoms with Gasteiger partial charge in [-0.1, -0.05) is 26.0 Å². The minimum absolute atomic E-state index is 0.330. The summed E-state index contributed by atoms with van der Waals surface area (Å²) >= 11 is 0. The predicted molar refractivity (Wildman–Crippen MR) is 78.4 cm³/mol. The van der Waals surface area contributed by atoms with Crippen molar-refractivity contribution in [3.05, 3.63) is 29.3 Å². The number of anilines is 1. The van der Waals surface area contributed by atoms with Gasteiger partial charge in [0.15, 0.2) is 0 Å². The third-order valence-corrected chi connectivity index (χ3v) is 3.39. The molecule has 0 atom stereocenters. The van der Waals surface area contributed by atoms with E-state index in [4.69, 9.17) is 10.5 Å². The van der Waals surface area contributed by atoms with E-state index in [1.807, 2.05) is 26.1 Å². The number of nitrogen functional groups attached to an aromatic ring is 1. The molecule has 2 rings (SSSR count). The fraction of sp³-hybridized carbons (Fsp3) is 0.400. The monoisotopic (exact) mass is 259 g/mol. The number of methoxy groups -OCH3 is 1. The van der Waals surface area contributed by atoms with E-state index < -0.39 is 0 Å². The smallest absolute Gasteiger partial charge is 0.125 e. The summed E-state index contributed by atoms with van der Waals surface area (Å²) in [4.78, 5) is 0. The summed E-state index contributed by atoms with van der Waals surface area (Å²) in [5.41, 5.74) is 10.3. The van der Waals surface area contributed by atoms with Crippen molar-refractivity contribution in [3.8, 4) is 17.0 Å². The molecular weight excluding hydrogens is 238 g/mol. The maximum atomic E-state index is 6.11. The number of hydrogen-bond acceptors (Lipinski definition) is 3. The van der Waals surface area contributed by atoms with E-state index in [9.17, 15) is 0 Å². The summed E-state index contributed by atoms with van der Waals surface area (Å²) in [5, 5.41) is 4.54. The van der Waals surface area contributed by atoms with Crippen LogP contribution >= 0.6 is 0 Å². The Kier molecular flexibility index (Phi) is 3.51. The van der Waals surface area contributed by atoms with E-state index in [0.29, 0.717) is 5.92 Å². The lowest BCUT2D eigenvalue weighted by molar-refractivity contribution is 0.412. The van der Waals surface area contributed by atoms with Gasteiger partial charge in [0.05, 0.1) is 12.8 Å². The van der Waals surface area contributed by atoms with E-state index in [2.05, 4.69) is 25.0 Å². The van der Waals surface area contributed by atoms with Crippen molar-refractivity contribution in [2.75, 3.05) is 12.8 Å². The summed E-state index contributed by atoms with van der Waals surface area (Å²) in [7, 11) is 3.55. The van der Waals surface area contributed by atoms with E-state index in [1.54, 1.807) is 11.8 Å². The highest BCUT2D eigenvalue weighted by Gasteiger charge is 2.18. The van der Waals surface area contributed by atoms with Crippen LogP contribution in [0.15, 0.2) is 18.2 Å². The molecule has 0 bridgehead atoms. The Balaban J connectivity index is 2.62. The molecule has 0 spiro atoms. The van der Waals surface area contributed by atoms with Crippen LogP contribution in [0.25, 0.3) is 11.3 Å². The molecule has 0 unspecified atom stereocenters. The molecule has 0 aliphatic heterocycles. The molecule has 19 heavy (non-hydrogen) atoms. The summed E-state index contributed by atoms with van der Waals surface area (Å²) in [6.45, 7) is 6.28. The molecule has 0 aliphatic carbocycles. The third kappa shape index (κ3) is 2.30. The zero-order valence-electron chi connectivity index (χ0n) is 12.2. The van der Waals surface area contributed by atoms with Crippen LogP contribution in [0.5, 0.6) is 5.75 Å². The molecule has 4 heteroatoms. The fourth-order valence-electron chi connectivity index (χ4n) is 2.30. The Morgan fingerprint density at radius 2 is 2.00 bits per heavy atom. The molecule has 0 fully saturated rings. The number of benzene rings is 1. The van der Waals surface area contributed by atoms with E-state index >= 15 is 0 Å². The van der Waals surface area contributed by atoms with Crippen LogP contribution in [-0.4, -0.2) is 16.9 Å². The lowest BCUT2D eigenvalue weighted by atomic mass is 9.98. The average molecular weight is 259 g/mol. The summed E-state index contributed by atoms with van der Waals surface area (Å²) in [5.74, 6) is 1.93. The van der Waals surface area contributed by atoms with E-state index in [1.165, 1.54) is 0 Å².